The maximum absolute atomic E-state index is 12.2. The third-order valence-corrected chi connectivity index (χ3v) is 5.74. The Morgan fingerprint density at radius 3 is 2.50 bits per heavy atom. The van der Waals surface area contributed by atoms with Gasteiger partial charge in [0.15, 0.2) is 0 Å². The van der Waals surface area contributed by atoms with Crippen LogP contribution in [0.1, 0.15) is 32.1 Å². The number of hydrogen-bond donors (Lipinski definition) is 4. The maximum Gasteiger partial charge on any atom is 0.407 e. The topological polar surface area (TPSA) is 128 Å². The number of carbonyl (C=O) groups is 2. The Kier molecular flexibility index (Phi) is 7.69. The lowest BCUT2D eigenvalue weighted by molar-refractivity contribution is -0.122. The number of nitrogens with zero attached hydrogens (tertiary/aromatic N) is 2. The quantitative estimate of drug-likeness (QED) is 0.509. The van der Waals surface area contributed by atoms with Crippen molar-refractivity contribution in [3.8, 4) is 0 Å². The zero-order valence-corrected chi connectivity index (χ0v) is 17.8. The first-order chi connectivity index (χ1) is 15.1. The number of alkyl halides is 3. The fourth-order valence-electron chi connectivity index (χ4n) is 3.79. The summed E-state index contributed by atoms with van der Waals surface area (Å²) in [6.07, 6.45) is -1.22. The van der Waals surface area contributed by atoms with Gasteiger partial charge in [0.05, 0.1) is 18.4 Å². The highest BCUT2D eigenvalue weighted by molar-refractivity contribution is 6.33. The van der Waals surface area contributed by atoms with Gasteiger partial charge < -0.3 is 25.6 Å². The zero-order valence-electron chi connectivity index (χ0n) is 17.0. The van der Waals surface area contributed by atoms with E-state index in [1.165, 1.54) is 6.20 Å². The third-order valence-electron chi connectivity index (χ3n) is 5.37. The molecule has 2 aliphatic rings. The molecular weight excluding hydrogens is 457 g/mol. The van der Waals surface area contributed by atoms with Gasteiger partial charge in [0.25, 0.3) is 5.56 Å². The van der Waals surface area contributed by atoms with E-state index in [-0.39, 0.29) is 23.2 Å². The van der Waals surface area contributed by atoms with Gasteiger partial charge in [-0.25, -0.2) is 14.7 Å². The largest absolute Gasteiger partial charge is 0.444 e. The van der Waals surface area contributed by atoms with Crippen molar-refractivity contribution in [1.29, 1.82) is 0 Å². The van der Waals surface area contributed by atoms with Gasteiger partial charge in [-0.05, 0) is 25.7 Å². The first-order valence-electron chi connectivity index (χ1n) is 10.2. The van der Waals surface area contributed by atoms with Crippen LogP contribution in [0.3, 0.4) is 0 Å². The number of aromatic nitrogens is 2. The highest BCUT2D eigenvalue weighted by atomic mass is 35.5. The van der Waals surface area contributed by atoms with E-state index in [0.717, 1.165) is 0 Å². The molecule has 0 radical (unpaired) electrons. The summed E-state index contributed by atoms with van der Waals surface area (Å²) < 4.78 is 41.9. The molecule has 1 saturated carbocycles. The molecule has 10 nitrogen and oxygen atoms in total. The number of aromatic amines is 1. The minimum absolute atomic E-state index is 0.0301. The lowest BCUT2D eigenvalue weighted by atomic mass is 9.91. The first kappa shape index (κ1) is 24.0. The molecule has 2 fully saturated rings. The lowest BCUT2D eigenvalue weighted by Gasteiger charge is -2.29. The Bertz CT molecular complexity index is 875. The fraction of sp³-hybridized carbons (Fsp3) is 0.667. The van der Waals surface area contributed by atoms with Crippen molar-refractivity contribution in [2.24, 2.45) is 0 Å². The summed E-state index contributed by atoms with van der Waals surface area (Å²) in [7, 11) is 0. The molecule has 32 heavy (non-hydrogen) atoms. The van der Waals surface area contributed by atoms with Crippen molar-refractivity contribution in [3.63, 3.8) is 0 Å². The third kappa shape index (κ3) is 6.90. The standard InChI is InChI=1S/C18H24ClF3N6O4/c19-14-13(7-24-27-15(14)29)28-6-5-12(8-28)32-17(31)26-11-3-1-10(2-4-11)25-16(30)23-9-18(20,21)22/h7,10-12H,1-6,8-9H2,(H,26,31)(H,27,29)(H2,23,25,30)/t10?,11?,12-/m1/s1. The van der Waals surface area contributed by atoms with Crippen molar-refractivity contribution < 1.29 is 27.5 Å². The van der Waals surface area contributed by atoms with Gasteiger partial charge in [0.2, 0.25) is 0 Å². The minimum Gasteiger partial charge on any atom is -0.444 e. The maximum atomic E-state index is 12.2. The Morgan fingerprint density at radius 2 is 1.84 bits per heavy atom. The molecule has 1 aromatic rings. The number of anilines is 1. The first-order valence-corrected chi connectivity index (χ1v) is 10.5. The minimum atomic E-state index is -4.46. The molecule has 1 saturated heterocycles. The summed E-state index contributed by atoms with van der Waals surface area (Å²) in [5.74, 6) is 0. The van der Waals surface area contributed by atoms with Crippen LogP contribution in [-0.2, 0) is 4.74 Å². The predicted molar refractivity (Wildman–Crippen MR) is 109 cm³/mol. The van der Waals surface area contributed by atoms with Crippen molar-refractivity contribution in [3.05, 3.63) is 21.6 Å². The molecule has 3 amide bonds. The van der Waals surface area contributed by atoms with Crippen LogP contribution in [0.5, 0.6) is 0 Å². The summed E-state index contributed by atoms with van der Waals surface area (Å²) in [4.78, 5) is 37.2. The average Bonchev–Trinajstić information content (AvgIpc) is 3.17. The molecule has 3 rings (SSSR count). The number of nitrogens with one attached hydrogen (secondary N) is 4. The number of urea groups is 1. The van der Waals surface area contributed by atoms with E-state index in [0.29, 0.717) is 50.9 Å². The second-order valence-corrected chi connectivity index (χ2v) is 8.17. The normalized spacial score (nSPS) is 23.5. The van der Waals surface area contributed by atoms with Gasteiger partial charge in [-0.15, -0.1) is 0 Å². The van der Waals surface area contributed by atoms with Gasteiger partial charge in [0.1, 0.15) is 17.7 Å². The molecule has 1 aromatic heterocycles. The molecule has 0 aromatic carbocycles. The van der Waals surface area contributed by atoms with Crippen molar-refractivity contribution in [2.75, 3.05) is 24.5 Å². The van der Waals surface area contributed by atoms with Crippen LogP contribution in [0.4, 0.5) is 28.4 Å². The SMILES string of the molecule is O=C(NCC(F)(F)F)NC1CCC(NC(=O)O[C@@H]2CCN(c3cn[nH]c(=O)c3Cl)C2)CC1. The summed E-state index contributed by atoms with van der Waals surface area (Å²) in [6.45, 7) is -0.457. The fourth-order valence-corrected chi connectivity index (χ4v) is 4.00. The summed E-state index contributed by atoms with van der Waals surface area (Å²) in [5.41, 5.74) is -0.0128. The lowest BCUT2D eigenvalue weighted by Crippen LogP contribution is -2.48. The molecule has 1 atom stereocenters. The highest BCUT2D eigenvalue weighted by Crippen LogP contribution is 2.26. The van der Waals surface area contributed by atoms with Crippen LogP contribution >= 0.6 is 11.6 Å². The average molecular weight is 481 g/mol. The second kappa shape index (κ2) is 10.3. The second-order valence-electron chi connectivity index (χ2n) is 7.80. The van der Waals surface area contributed by atoms with E-state index in [1.54, 1.807) is 5.32 Å². The number of rotatable bonds is 5. The van der Waals surface area contributed by atoms with E-state index in [4.69, 9.17) is 16.3 Å². The number of halogens is 4. The van der Waals surface area contributed by atoms with E-state index >= 15 is 0 Å². The van der Waals surface area contributed by atoms with Crippen molar-refractivity contribution in [2.45, 2.75) is 56.5 Å². The predicted octanol–water partition coefficient (Wildman–Crippen LogP) is 1.90. The Morgan fingerprint density at radius 1 is 1.19 bits per heavy atom. The van der Waals surface area contributed by atoms with Crippen LogP contribution in [0.25, 0.3) is 0 Å². The Hall–Kier alpha value is -2.70. The number of alkyl carbamates (subject to hydrolysis) is 1. The summed E-state index contributed by atoms with van der Waals surface area (Å²) >= 11 is 6.01. The van der Waals surface area contributed by atoms with Crippen LogP contribution in [-0.4, -0.2) is 66.3 Å². The summed E-state index contributed by atoms with van der Waals surface area (Å²) in [6, 6.07) is -1.27. The van der Waals surface area contributed by atoms with Crippen LogP contribution in [0.15, 0.2) is 11.0 Å². The number of amides is 3. The summed E-state index contributed by atoms with van der Waals surface area (Å²) in [5, 5.41) is 13.1. The molecule has 1 aliphatic heterocycles. The molecule has 0 bridgehead atoms. The van der Waals surface area contributed by atoms with Gasteiger partial charge in [-0.1, -0.05) is 11.6 Å². The monoisotopic (exact) mass is 480 g/mol. The van der Waals surface area contributed by atoms with Gasteiger partial charge in [-0.2, -0.15) is 18.3 Å². The molecule has 14 heteroatoms. The number of hydrogen-bond acceptors (Lipinski definition) is 6. The van der Waals surface area contributed by atoms with E-state index in [2.05, 4.69) is 20.8 Å². The molecular formula is C18H24ClF3N6O4. The molecule has 4 N–H and O–H groups in total. The zero-order chi connectivity index (χ0) is 23.3. The molecule has 0 spiro atoms. The van der Waals surface area contributed by atoms with Crippen LogP contribution in [0, 0.1) is 0 Å². The number of H-pyrrole nitrogens is 1. The van der Waals surface area contributed by atoms with Crippen LogP contribution in [0.2, 0.25) is 5.02 Å². The van der Waals surface area contributed by atoms with Crippen LogP contribution < -0.4 is 26.4 Å². The van der Waals surface area contributed by atoms with Gasteiger partial charge in [-0.3, -0.25) is 4.79 Å². The smallest absolute Gasteiger partial charge is 0.407 e. The molecule has 0 unspecified atom stereocenters. The van der Waals surface area contributed by atoms with Crippen molar-refractivity contribution >= 4 is 29.4 Å². The van der Waals surface area contributed by atoms with Gasteiger partial charge >= 0.3 is 18.3 Å². The Balaban J connectivity index is 1.36. The highest BCUT2D eigenvalue weighted by Gasteiger charge is 2.31. The van der Waals surface area contributed by atoms with E-state index in [1.807, 2.05) is 4.90 Å². The van der Waals surface area contributed by atoms with Crippen molar-refractivity contribution in [1.82, 2.24) is 26.1 Å². The van der Waals surface area contributed by atoms with Gasteiger partial charge in [0, 0.05) is 25.0 Å². The molecule has 2 heterocycles. The Labute approximate surface area is 186 Å². The number of ether oxygens (including phenoxy) is 1. The number of carbonyl (C=O) groups excluding carboxylic acids is 2. The van der Waals surface area contributed by atoms with E-state index in [9.17, 15) is 27.6 Å². The van der Waals surface area contributed by atoms with E-state index < -0.39 is 30.4 Å². The molecule has 1 aliphatic carbocycles. The molecule has 178 valence electrons.